The number of hydrogen-bond donors (Lipinski definition) is 1. The van der Waals surface area contributed by atoms with Crippen molar-refractivity contribution in [1.29, 1.82) is 0 Å². The van der Waals surface area contributed by atoms with Gasteiger partial charge in [-0.3, -0.25) is 4.79 Å². The van der Waals surface area contributed by atoms with Crippen molar-refractivity contribution in [1.82, 2.24) is 0 Å². The second-order valence-electron chi connectivity index (χ2n) is 4.35. The lowest BCUT2D eigenvalue weighted by molar-refractivity contribution is -0.115. The highest BCUT2D eigenvalue weighted by molar-refractivity contribution is 5.93. The van der Waals surface area contributed by atoms with Crippen LogP contribution in [0.1, 0.15) is 6.42 Å². The van der Waals surface area contributed by atoms with Gasteiger partial charge in [-0.15, -0.1) is 0 Å². The van der Waals surface area contributed by atoms with Crippen molar-refractivity contribution >= 4 is 11.5 Å². The molecular formula is C14H13NO4. The summed E-state index contributed by atoms with van der Waals surface area (Å²) in [6.45, 7) is 0.165. The van der Waals surface area contributed by atoms with E-state index in [2.05, 4.69) is 0 Å². The zero-order chi connectivity index (χ0) is 13.2. The third-order valence-corrected chi connectivity index (χ3v) is 3.13. The summed E-state index contributed by atoms with van der Waals surface area (Å²) in [5.41, 5.74) is 0.632. The van der Waals surface area contributed by atoms with Gasteiger partial charge in [-0.2, -0.15) is 0 Å². The van der Waals surface area contributed by atoms with Crippen LogP contribution >= 0.6 is 0 Å². The zero-order valence-electron chi connectivity index (χ0n) is 10.2. The van der Waals surface area contributed by atoms with Crippen LogP contribution < -0.4 is 4.90 Å². The van der Waals surface area contributed by atoms with Crippen LogP contribution in [-0.4, -0.2) is 23.7 Å². The molecule has 1 N–H and O–H groups in total. The number of phenolic OH excluding ortho intramolecular Hbond substituents is 1. The summed E-state index contributed by atoms with van der Waals surface area (Å²) in [4.78, 5) is 13.4. The number of hydrogen-bond acceptors (Lipinski definition) is 5. The number of allylic oxidation sites excluding steroid dienone is 1. The SMILES string of the molecule is O=C1C=CN(c2ccccc2O)[C@@H](C2=COCO2)C1. The van der Waals surface area contributed by atoms with Gasteiger partial charge in [0.15, 0.2) is 11.5 Å². The number of ether oxygens (including phenoxy) is 2. The first kappa shape index (κ1) is 11.6. The van der Waals surface area contributed by atoms with Gasteiger partial charge in [0.2, 0.25) is 6.79 Å². The molecule has 0 saturated carbocycles. The Labute approximate surface area is 110 Å². The quantitative estimate of drug-likeness (QED) is 0.879. The van der Waals surface area contributed by atoms with E-state index in [0.29, 0.717) is 17.9 Å². The molecule has 0 radical (unpaired) electrons. The second kappa shape index (κ2) is 4.68. The van der Waals surface area contributed by atoms with E-state index in [1.54, 1.807) is 24.4 Å². The van der Waals surface area contributed by atoms with Crippen molar-refractivity contribution in [3.05, 3.63) is 48.6 Å². The van der Waals surface area contributed by atoms with Crippen LogP contribution in [0.4, 0.5) is 5.69 Å². The maximum absolute atomic E-state index is 11.6. The molecule has 0 saturated heterocycles. The summed E-state index contributed by atoms with van der Waals surface area (Å²) in [6, 6.07) is 6.70. The molecule has 0 aromatic heterocycles. The summed E-state index contributed by atoms with van der Waals surface area (Å²) >= 11 is 0. The molecule has 3 rings (SSSR count). The van der Waals surface area contributed by atoms with Crippen LogP contribution in [-0.2, 0) is 14.3 Å². The molecule has 98 valence electrons. The van der Waals surface area contributed by atoms with Crippen molar-refractivity contribution in [2.24, 2.45) is 0 Å². The molecule has 19 heavy (non-hydrogen) atoms. The Morgan fingerprint density at radius 2 is 2.16 bits per heavy atom. The van der Waals surface area contributed by atoms with Gasteiger partial charge in [-0.05, 0) is 18.2 Å². The number of para-hydroxylation sites is 2. The number of phenols is 1. The summed E-state index contributed by atoms with van der Waals surface area (Å²) in [5.74, 6) is 0.778. The Kier molecular flexibility index (Phi) is 2.87. The molecule has 2 aliphatic heterocycles. The molecule has 5 nitrogen and oxygen atoms in total. The fourth-order valence-electron chi connectivity index (χ4n) is 2.22. The predicted octanol–water partition coefficient (Wildman–Crippen LogP) is 1.90. The third-order valence-electron chi connectivity index (χ3n) is 3.13. The van der Waals surface area contributed by atoms with E-state index in [9.17, 15) is 9.90 Å². The number of nitrogens with zero attached hydrogens (tertiary/aromatic N) is 1. The number of rotatable bonds is 2. The maximum atomic E-state index is 11.6. The Morgan fingerprint density at radius 1 is 1.32 bits per heavy atom. The molecule has 0 aliphatic carbocycles. The molecule has 1 aromatic carbocycles. The summed E-state index contributed by atoms with van der Waals surface area (Å²) < 4.78 is 10.4. The van der Waals surface area contributed by atoms with E-state index in [1.165, 1.54) is 12.3 Å². The molecule has 5 heteroatoms. The first-order valence-electron chi connectivity index (χ1n) is 5.97. The number of anilines is 1. The van der Waals surface area contributed by atoms with Gasteiger partial charge in [0.1, 0.15) is 18.1 Å². The first-order chi connectivity index (χ1) is 9.25. The Balaban J connectivity index is 1.99. The number of ketones is 1. The Morgan fingerprint density at radius 3 is 2.89 bits per heavy atom. The standard InChI is InChI=1S/C14H13NO4/c16-10-5-6-15(11-3-1-2-4-13(11)17)12(7-10)14-8-18-9-19-14/h1-6,8,12,17H,7,9H2/t12-/m1/s1. The Bertz CT molecular complexity index is 564. The van der Waals surface area contributed by atoms with E-state index in [4.69, 9.17) is 9.47 Å². The van der Waals surface area contributed by atoms with E-state index in [0.717, 1.165) is 0 Å². The lowest BCUT2D eigenvalue weighted by atomic mass is 10.0. The fraction of sp³-hybridized carbons (Fsp3) is 0.214. The van der Waals surface area contributed by atoms with Crippen LogP contribution in [0.5, 0.6) is 5.75 Å². The molecule has 2 aliphatic rings. The van der Waals surface area contributed by atoms with Crippen LogP contribution in [0.15, 0.2) is 48.6 Å². The summed E-state index contributed by atoms with van der Waals surface area (Å²) in [7, 11) is 0. The van der Waals surface area contributed by atoms with Crippen LogP contribution in [0.25, 0.3) is 0 Å². The average Bonchev–Trinajstić information content (AvgIpc) is 2.93. The van der Waals surface area contributed by atoms with Gasteiger partial charge in [-0.1, -0.05) is 12.1 Å². The van der Waals surface area contributed by atoms with Gasteiger partial charge in [0.05, 0.1) is 5.69 Å². The molecule has 0 bridgehead atoms. The average molecular weight is 259 g/mol. The molecule has 0 amide bonds. The van der Waals surface area contributed by atoms with Crippen molar-refractivity contribution in [2.45, 2.75) is 12.5 Å². The minimum Gasteiger partial charge on any atom is -0.506 e. The van der Waals surface area contributed by atoms with E-state index in [1.807, 2.05) is 11.0 Å². The summed E-state index contributed by atoms with van der Waals surface area (Å²) in [6.07, 6.45) is 4.97. The minimum atomic E-state index is -0.284. The molecule has 0 fully saturated rings. The smallest absolute Gasteiger partial charge is 0.229 e. The van der Waals surface area contributed by atoms with Crippen LogP contribution in [0.3, 0.4) is 0 Å². The number of aromatic hydroxyl groups is 1. The lowest BCUT2D eigenvalue weighted by Crippen LogP contribution is -2.37. The molecule has 1 atom stereocenters. The van der Waals surface area contributed by atoms with Crippen molar-refractivity contribution in [3.63, 3.8) is 0 Å². The van der Waals surface area contributed by atoms with Gasteiger partial charge in [-0.25, -0.2) is 0 Å². The number of carbonyl (C=O) groups excluding carboxylic acids is 1. The van der Waals surface area contributed by atoms with Gasteiger partial charge in [0.25, 0.3) is 0 Å². The molecule has 0 unspecified atom stereocenters. The highest BCUT2D eigenvalue weighted by Gasteiger charge is 2.31. The highest BCUT2D eigenvalue weighted by atomic mass is 16.7. The molecule has 0 spiro atoms. The topological polar surface area (TPSA) is 59.0 Å². The third kappa shape index (κ3) is 2.14. The number of benzene rings is 1. The van der Waals surface area contributed by atoms with Gasteiger partial charge in [0, 0.05) is 12.6 Å². The van der Waals surface area contributed by atoms with E-state index < -0.39 is 0 Å². The second-order valence-corrected chi connectivity index (χ2v) is 4.35. The fourth-order valence-corrected chi connectivity index (χ4v) is 2.22. The van der Waals surface area contributed by atoms with E-state index in [-0.39, 0.29) is 24.4 Å². The normalized spacial score (nSPS) is 21.9. The molecule has 2 heterocycles. The Hall–Kier alpha value is -2.43. The zero-order valence-corrected chi connectivity index (χ0v) is 10.2. The van der Waals surface area contributed by atoms with Crippen LogP contribution in [0, 0.1) is 0 Å². The van der Waals surface area contributed by atoms with Crippen molar-refractivity contribution in [3.8, 4) is 5.75 Å². The molecule has 1 aromatic rings. The van der Waals surface area contributed by atoms with E-state index >= 15 is 0 Å². The number of carbonyl (C=O) groups is 1. The van der Waals surface area contributed by atoms with Crippen LogP contribution in [0.2, 0.25) is 0 Å². The summed E-state index contributed by atoms with van der Waals surface area (Å²) in [5, 5.41) is 9.94. The van der Waals surface area contributed by atoms with Crippen molar-refractivity contribution < 1.29 is 19.4 Å². The largest absolute Gasteiger partial charge is 0.506 e. The monoisotopic (exact) mass is 259 g/mol. The van der Waals surface area contributed by atoms with Gasteiger partial charge >= 0.3 is 0 Å². The lowest BCUT2D eigenvalue weighted by Gasteiger charge is -2.32. The van der Waals surface area contributed by atoms with Gasteiger partial charge < -0.3 is 19.5 Å². The highest BCUT2D eigenvalue weighted by Crippen LogP contribution is 2.34. The minimum absolute atomic E-state index is 0.0214. The molecular weight excluding hydrogens is 246 g/mol. The maximum Gasteiger partial charge on any atom is 0.229 e. The first-order valence-corrected chi connectivity index (χ1v) is 5.97. The predicted molar refractivity (Wildman–Crippen MR) is 68.3 cm³/mol. The van der Waals surface area contributed by atoms with Crippen molar-refractivity contribution in [2.75, 3.05) is 11.7 Å².